The summed E-state index contributed by atoms with van der Waals surface area (Å²) in [5, 5.41) is 3.06. The van der Waals surface area contributed by atoms with Crippen molar-refractivity contribution in [3.63, 3.8) is 0 Å². The predicted octanol–water partition coefficient (Wildman–Crippen LogP) is 3.36. The molecule has 1 saturated heterocycles. The summed E-state index contributed by atoms with van der Waals surface area (Å²) < 4.78 is 33.8. The van der Waals surface area contributed by atoms with E-state index in [0.717, 1.165) is 24.3 Å². The molecule has 0 spiro atoms. The first-order valence-electron chi connectivity index (χ1n) is 11.4. The summed E-state index contributed by atoms with van der Waals surface area (Å²) in [7, 11) is -1.90. The highest BCUT2D eigenvalue weighted by Gasteiger charge is 2.28. The zero-order valence-corrected chi connectivity index (χ0v) is 20.2. The average molecular weight is 491 g/mol. The van der Waals surface area contributed by atoms with Crippen LogP contribution in [0.4, 0.5) is 11.4 Å². The number of nitrogens with zero attached hydrogens (tertiary/aromatic N) is 3. The number of ether oxygens (including phenoxy) is 1. The zero-order valence-electron chi connectivity index (χ0n) is 19.3. The van der Waals surface area contributed by atoms with E-state index in [2.05, 4.69) is 26.7 Å². The molecule has 0 radical (unpaired) electrons. The summed E-state index contributed by atoms with van der Waals surface area (Å²) >= 11 is 0. The summed E-state index contributed by atoms with van der Waals surface area (Å²) in [5.74, 6) is 0.177. The van der Waals surface area contributed by atoms with Crippen LogP contribution < -0.4 is 10.2 Å². The molecule has 9 heteroatoms. The molecule has 5 rings (SSSR count). The second kappa shape index (κ2) is 9.52. The van der Waals surface area contributed by atoms with Crippen molar-refractivity contribution in [2.24, 2.45) is 4.40 Å². The minimum Gasteiger partial charge on any atom is -0.378 e. The largest absolute Gasteiger partial charge is 0.378 e. The molecule has 0 aliphatic carbocycles. The van der Waals surface area contributed by atoms with E-state index in [9.17, 15) is 13.2 Å². The summed E-state index contributed by atoms with van der Waals surface area (Å²) in [5.41, 5.74) is 3.94. The third-order valence-corrected chi connectivity index (χ3v) is 7.46. The molecule has 180 valence electrons. The summed E-state index contributed by atoms with van der Waals surface area (Å²) in [4.78, 5) is 17.3. The van der Waals surface area contributed by atoms with Crippen LogP contribution in [-0.4, -0.2) is 58.4 Å². The Hall–Kier alpha value is -3.69. The molecule has 1 fully saturated rings. The fourth-order valence-corrected chi connectivity index (χ4v) is 5.51. The van der Waals surface area contributed by atoms with Gasteiger partial charge in [-0.15, -0.1) is 4.40 Å². The van der Waals surface area contributed by atoms with Gasteiger partial charge in [-0.25, -0.2) is 0 Å². The molecule has 35 heavy (non-hydrogen) atoms. The van der Waals surface area contributed by atoms with Gasteiger partial charge < -0.3 is 19.9 Å². The highest BCUT2D eigenvalue weighted by atomic mass is 32.2. The van der Waals surface area contributed by atoms with Crippen LogP contribution in [0.1, 0.15) is 21.5 Å². The number of hydrogen-bond acceptors (Lipinski definition) is 6. The number of carbonyl (C=O) groups excluding carboxylic acids is 1. The molecule has 0 atom stereocenters. The van der Waals surface area contributed by atoms with Crippen molar-refractivity contribution >= 4 is 33.1 Å². The van der Waals surface area contributed by atoms with Gasteiger partial charge in [0, 0.05) is 49.2 Å². The van der Waals surface area contributed by atoms with E-state index in [4.69, 9.17) is 4.74 Å². The van der Waals surface area contributed by atoms with Gasteiger partial charge in [-0.05, 0) is 48.0 Å². The zero-order chi connectivity index (χ0) is 24.4. The van der Waals surface area contributed by atoms with E-state index in [1.165, 1.54) is 6.07 Å². The van der Waals surface area contributed by atoms with Crippen molar-refractivity contribution < 1.29 is 17.9 Å². The third kappa shape index (κ3) is 4.78. The van der Waals surface area contributed by atoms with Gasteiger partial charge in [0.2, 0.25) is 0 Å². The molecule has 8 nitrogen and oxygen atoms in total. The summed E-state index contributed by atoms with van der Waals surface area (Å²) in [6, 6.07) is 21.8. The van der Waals surface area contributed by atoms with Crippen molar-refractivity contribution in [2.45, 2.75) is 11.4 Å². The molecule has 0 aromatic heterocycles. The molecular weight excluding hydrogens is 464 g/mol. The maximum atomic E-state index is 13.1. The molecule has 0 unspecified atom stereocenters. The summed E-state index contributed by atoms with van der Waals surface area (Å²) in [6.07, 6.45) is 0. The van der Waals surface area contributed by atoms with E-state index in [1.807, 2.05) is 12.1 Å². The molecule has 2 aliphatic heterocycles. The maximum Gasteiger partial charge on any atom is 0.285 e. The Morgan fingerprint density at radius 1 is 1.00 bits per heavy atom. The lowest BCUT2D eigenvalue weighted by Gasteiger charge is -2.31. The smallest absolute Gasteiger partial charge is 0.285 e. The molecule has 3 aromatic carbocycles. The van der Waals surface area contributed by atoms with Crippen LogP contribution in [0.25, 0.3) is 0 Å². The van der Waals surface area contributed by atoms with E-state index in [0.29, 0.717) is 36.6 Å². The number of carbonyl (C=O) groups is 1. The van der Waals surface area contributed by atoms with Gasteiger partial charge in [0.1, 0.15) is 4.90 Å². The minimum absolute atomic E-state index is 0.0977. The van der Waals surface area contributed by atoms with Gasteiger partial charge >= 0.3 is 0 Å². The number of para-hydroxylation sites is 1. The van der Waals surface area contributed by atoms with E-state index in [-0.39, 0.29) is 16.6 Å². The lowest BCUT2D eigenvalue weighted by Crippen LogP contribution is -2.37. The fraction of sp³-hybridized carbons (Fsp3) is 0.231. The molecule has 0 saturated carbocycles. The number of hydrogen-bond donors (Lipinski definition) is 1. The van der Waals surface area contributed by atoms with Crippen LogP contribution in [0.15, 0.2) is 82.1 Å². The monoisotopic (exact) mass is 490 g/mol. The number of anilines is 2. The Morgan fingerprint density at radius 3 is 2.46 bits per heavy atom. The molecule has 2 heterocycles. The number of rotatable bonds is 5. The Kier molecular flexibility index (Phi) is 6.27. The topological polar surface area (TPSA) is 91.3 Å². The van der Waals surface area contributed by atoms with Crippen molar-refractivity contribution in [1.29, 1.82) is 0 Å². The third-order valence-electron chi connectivity index (χ3n) is 6.12. The van der Waals surface area contributed by atoms with Crippen LogP contribution in [0, 0.1) is 0 Å². The van der Waals surface area contributed by atoms with Crippen molar-refractivity contribution in [2.75, 3.05) is 43.6 Å². The Morgan fingerprint density at radius 2 is 1.69 bits per heavy atom. The Bertz CT molecular complexity index is 1380. The van der Waals surface area contributed by atoms with Gasteiger partial charge in [-0.3, -0.25) is 4.79 Å². The lowest BCUT2D eigenvalue weighted by molar-refractivity contribution is 0.0785. The van der Waals surface area contributed by atoms with Crippen LogP contribution >= 0.6 is 0 Å². The minimum atomic E-state index is -3.70. The quantitative estimate of drug-likeness (QED) is 0.590. The Labute approximate surface area is 204 Å². The second-order valence-electron chi connectivity index (χ2n) is 8.50. The lowest BCUT2D eigenvalue weighted by atomic mass is 10.1. The molecular formula is C26H26N4O4S. The SMILES string of the molecule is CN(Cc1ccccc1N1CCOCC1)C(=O)c1ccc(NC2=NS(=O)(=O)c3ccccc32)cc1. The Balaban J connectivity index is 1.28. The predicted molar refractivity (Wildman–Crippen MR) is 136 cm³/mol. The number of sulfonamides is 1. The number of fused-ring (bicyclic) bond motifs is 1. The maximum absolute atomic E-state index is 13.1. The average Bonchev–Trinajstić information content (AvgIpc) is 3.14. The first-order chi connectivity index (χ1) is 16.9. The first kappa shape index (κ1) is 23.1. The second-order valence-corrected chi connectivity index (χ2v) is 10.1. The molecule has 2 aliphatic rings. The number of amidine groups is 1. The molecule has 1 N–H and O–H groups in total. The van der Waals surface area contributed by atoms with Gasteiger partial charge in [0.25, 0.3) is 15.9 Å². The van der Waals surface area contributed by atoms with E-state index < -0.39 is 10.0 Å². The van der Waals surface area contributed by atoms with Gasteiger partial charge in [-0.2, -0.15) is 8.42 Å². The van der Waals surface area contributed by atoms with Crippen molar-refractivity contribution in [1.82, 2.24) is 4.90 Å². The van der Waals surface area contributed by atoms with Crippen LogP contribution in [0.5, 0.6) is 0 Å². The standard InChI is InChI=1S/C26H26N4O4S/c1-29(18-20-6-2-4-8-23(20)30-14-16-34-17-15-30)26(31)19-10-12-21(13-11-19)27-25-22-7-3-5-9-24(22)35(32,33)28-25/h2-13H,14-18H2,1H3,(H,27,28). The highest BCUT2D eigenvalue weighted by molar-refractivity contribution is 7.90. The molecule has 1 amide bonds. The number of morpholine rings is 1. The van der Waals surface area contributed by atoms with Crippen molar-refractivity contribution in [3.8, 4) is 0 Å². The molecule has 3 aromatic rings. The summed E-state index contributed by atoms with van der Waals surface area (Å²) in [6.45, 7) is 3.55. The van der Waals surface area contributed by atoms with Crippen LogP contribution in [0.3, 0.4) is 0 Å². The van der Waals surface area contributed by atoms with Crippen LogP contribution in [-0.2, 0) is 21.3 Å². The van der Waals surface area contributed by atoms with Crippen LogP contribution in [0.2, 0.25) is 0 Å². The number of nitrogens with one attached hydrogen (secondary N) is 1. The first-order valence-corrected chi connectivity index (χ1v) is 12.8. The van der Waals surface area contributed by atoms with E-state index >= 15 is 0 Å². The van der Waals surface area contributed by atoms with E-state index in [1.54, 1.807) is 54.4 Å². The van der Waals surface area contributed by atoms with Gasteiger partial charge in [0.15, 0.2) is 5.84 Å². The van der Waals surface area contributed by atoms with Gasteiger partial charge in [-0.1, -0.05) is 30.3 Å². The molecule has 0 bridgehead atoms. The number of amides is 1. The van der Waals surface area contributed by atoms with Crippen molar-refractivity contribution in [3.05, 3.63) is 89.5 Å². The normalized spacial score (nSPS) is 16.4. The highest BCUT2D eigenvalue weighted by Crippen LogP contribution is 2.27. The fourth-order valence-electron chi connectivity index (χ4n) is 4.33. The van der Waals surface area contributed by atoms with Gasteiger partial charge in [0.05, 0.1) is 13.2 Å². The number of benzene rings is 3.